The van der Waals surface area contributed by atoms with E-state index in [1.807, 2.05) is 33.8 Å². The second-order valence-electron chi connectivity index (χ2n) is 9.82. The maximum Gasteiger partial charge on any atom is 0.295 e. The van der Waals surface area contributed by atoms with Crippen LogP contribution in [0.4, 0.5) is 0 Å². The zero-order valence-electron chi connectivity index (χ0n) is 22.7. The van der Waals surface area contributed by atoms with E-state index in [9.17, 15) is 14.7 Å². The number of rotatable bonds is 10. The number of amides is 1. The average Bonchev–Trinajstić information content (AvgIpc) is 3.12. The van der Waals surface area contributed by atoms with Crippen molar-refractivity contribution >= 4 is 17.4 Å². The van der Waals surface area contributed by atoms with Crippen LogP contribution in [0.1, 0.15) is 56.8 Å². The molecular weight excluding hydrogens is 474 g/mol. The van der Waals surface area contributed by atoms with Crippen LogP contribution < -0.4 is 14.2 Å². The summed E-state index contributed by atoms with van der Waals surface area (Å²) in [5.74, 6) is -0.140. The number of benzene rings is 2. The summed E-state index contributed by atoms with van der Waals surface area (Å²) in [5, 5.41) is 11.6. The SMILES string of the molecule is CCOc1ccc(/C(O)=C2\C(=O)C(=O)N(CCCOC)C2c2cccc(OC)c2OC)cc1C(C)(C)C. The number of aliphatic hydroxyl groups excluding tert-OH is 1. The van der Waals surface area contributed by atoms with E-state index in [1.54, 1.807) is 37.4 Å². The minimum absolute atomic E-state index is 0.00186. The monoisotopic (exact) mass is 511 g/mol. The molecule has 1 unspecified atom stereocenters. The van der Waals surface area contributed by atoms with Crippen LogP contribution in [0.5, 0.6) is 17.2 Å². The zero-order chi connectivity index (χ0) is 27.3. The minimum Gasteiger partial charge on any atom is -0.507 e. The van der Waals surface area contributed by atoms with Gasteiger partial charge in [0.05, 0.1) is 32.4 Å². The third-order valence-corrected chi connectivity index (χ3v) is 6.38. The van der Waals surface area contributed by atoms with Crippen LogP contribution >= 0.6 is 0 Å². The molecule has 8 heteroatoms. The van der Waals surface area contributed by atoms with E-state index in [1.165, 1.54) is 19.1 Å². The Balaban J connectivity index is 2.26. The first-order chi connectivity index (χ1) is 17.6. The summed E-state index contributed by atoms with van der Waals surface area (Å²) in [6, 6.07) is 9.71. The average molecular weight is 512 g/mol. The van der Waals surface area contributed by atoms with Crippen molar-refractivity contribution in [2.45, 2.75) is 45.6 Å². The highest BCUT2D eigenvalue weighted by Gasteiger charge is 2.47. The van der Waals surface area contributed by atoms with Gasteiger partial charge in [0.25, 0.3) is 11.7 Å². The van der Waals surface area contributed by atoms with Crippen molar-refractivity contribution in [2.24, 2.45) is 0 Å². The van der Waals surface area contributed by atoms with Gasteiger partial charge in [0.2, 0.25) is 0 Å². The summed E-state index contributed by atoms with van der Waals surface area (Å²) in [6.07, 6.45) is 0.517. The molecule has 1 aliphatic rings. The number of ketones is 1. The molecular formula is C29H37NO7. The number of nitrogens with zero attached hydrogens (tertiary/aromatic N) is 1. The fraction of sp³-hybridized carbons (Fsp3) is 0.448. The van der Waals surface area contributed by atoms with Gasteiger partial charge in [0.15, 0.2) is 11.5 Å². The van der Waals surface area contributed by atoms with Crippen LogP contribution in [0.2, 0.25) is 0 Å². The molecule has 1 heterocycles. The maximum atomic E-state index is 13.4. The first kappa shape index (κ1) is 28.1. The Morgan fingerprint density at radius 2 is 1.76 bits per heavy atom. The third-order valence-electron chi connectivity index (χ3n) is 6.38. The molecule has 0 aliphatic carbocycles. The predicted molar refractivity (Wildman–Crippen MR) is 141 cm³/mol. The van der Waals surface area contributed by atoms with E-state index in [2.05, 4.69) is 0 Å². The maximum absolute atomic E-state index is 13.4. The van der Waals surface area contributed by atoms with E-state index >= 15 is 0 Å². The second kappa shape index (κ2) is 11.7. The molecule has 200 valence electrons. The smallest absolute Gasteiger partial charge is 0.295 e. The van der Waals surface area contributed by atoms with E-state index in [4.69, 9.17) is 18.9 Å². The van der Waals surface area contributed by atoms with Crippen LogP contribution in [-0.4, -0.2) is 62.8 Å². The van der Waals surface area contributed by atoms with Crippen LogP contribution in [-0.2, 0) is 19.7 Å². The molecule has 0 bridgehead atoms. The lowest BCUT2D eigenvalue weighted by Gasteiger charge is -2.27. The molecule has 37 heavy (non-hydrogen) atoms. The molecule has 3 rings (SSSR count). The Hall–Kier alpha value is -3.52. The number of carbonyl (C=O) groups excluding carboxylic acids is 2. The number of methoxy groups -OCH3 is 3. The molecule has 1 aliphatic heterocycles. The van der Waals surface area contributed by atoms with Gasteiger partial charge in [0.1, 0.15) is 11.5 Å². The Morgan fingerprint density at radius 1 is 1.03 bits per heavy atom. The van der Waals surface area contributed by atoms with E-state index in [0.29, 0.717) is 48.0 Å². The molecule has 1 fully saturated rings. The summed E-state index contributed by atoms with van der Waals surface area (Å²) in [6.45, 7) is 9.22. The lowest BCUT2D eigenvalue weighted by molar-refractivity contribution is -0.140. The van der Waals surface area contributed by atoms with Gasteiger partial charge in [0, 0.05) is 37.0 Å². The Morgan fingerprint density at radius 3 is 2.35 bits per heavy atom. The number of carbonyl (C=O) groups is 2. The summed E-state index contributed by atoms with van der Waals surface area (Å²) in [5.41, 5.74) is 1.56. The highest BCUT2D eigenvalue weighted by atomic mass is 16.5. The standard InChI is InChI=1S/C29H37NO7/c1-8-37-21-14-13-18(17-20(21)29(2,3)4)25(31)23-24(19-11-9-12-22(35-6)27(19)36-7)30(15-10-16-34-5)28(33)26(23)32/h9,11-14,17,24,31H,8,10,15-16H2,1-7H3/b25-23+. The summed E-state index contributed by atoms with van der Waals surface area (Å²) in [4.78, 5) is 28.1. The topological polar surface area (TPSA) is 94.5 Å². The zero-order valence-corrected chi connectivity index (χ0v) is 22.7. The fourth-order valence-corrected chi connectivity index (χ4v) is 4.64. The fourth-order valence-electron chi connectivity index (χ4n) is 4.64. The van der Waals surface area contributed by atoms with Crippen molar-refractivity contribution in [3.63, 3.8) is 0 Å². The van der Waals surface area contributed by atoms with Crippen molar-refractivity contribution in [3.8, 4) is 17.2 Å². The molecule has 2 aromatic carbocycles. The number of likely N-dealkylation sites (tertiary alicyclic amines) is 1. The van der Waals surface area contributed by atoms with Crippen molar-refractivity contribution in [2.75, 3.05) is 41.1 Å². The number of Topliss-reactive ketones (excluding diaryl/α,β-unsaturated/α-hetero) is 1. The van der Waals surface area contributed by atoms with Crippen LogP contribution in [0, 0.1) is 0 Å². The van der Waals surface area contributed by atoms with Gasteiger partial charge in [-0.15, -0.1) is 0 Å². The highest BCUT2D eigenvalue weighted by Crippen LogP contribution is 2.46. The summed E-state index contributed by atoms with van der Waals surface area (Å²) in [7, 11) is 4.60. The first-order valence-electron chi connectivity index (χ1n) is 12.4. The largest absolute Gasteiger partial charge is 0.507 e. The highest BCUT2D eigenvalue weighted by molar-refractivity contribution is 6.46. The van der Waals surface area contributed by atoms with Gasteiger partial charge in [-0.25, -0.2) is 0 Å². The molecule has 0 saturated carbocycles. The van der Waals surface area contributed by atoms with Crippen molar-refractivity contribution in [3.05, 3.63) is 58.7 Å². The number of hydrogen-bond acceptors (Lipinski definition) is 7. The van der Waals surface area contributed by atoms with Gasteiger partial charge < -0.3 is 29.0 Å². The minimum atomic E-state index is -0.869. The number of para-hydroxylation sites is 1. The molecule has 1 saturated heterocycles. The van der Waals surface area contributed by atoms with E-state index in [0.717, 1.165) is 5.56 Å². The summed E-state index contributed by atoms with van der Waals surface area (Å²) < 4.78 is 22.1. The lowest BCUT2D eigenvalue weighted by atomic mass is 9.84. The van der Waals surface area contributed by atoms with Crippen molar-refractivity contribution < 1.29 is 33.6 Å². The van der Waals surface area contributed by atoms with E-state index < -0.39 is 17.7 Å². The van der Waals surface area contributed by atoms with Crippen LogP contribution in [0.25, 0.3) is 5.76 Å². The first-order valence-corrected chi connectivity index (χ1v) is 12.4. The Kier molecular flexibility index (Phi) is 8.86. The Bertz CT molecular complexity index is 1180. The molecule has 2 aromatic rings. The number of ether oxygens (including phenoxy) is 4. The molecule has 0 aromatic heterocycles. The summed E-state index contributed by atoms with van der Waals surface area (Å²) >= 11 is 0. The van der Waals surface area contributed by atoms with Crippen LogP contribution in [0.15, 0.2) is 42.0 Å². The van der Waals surface area contributed by atoms with Crippen LogP contribution in [0.3, 0.4) is 0 Å². The molecule has 0 radical (unpaired) electrons. The quantitative estimate of drug-likeness (QED) is 0.211. The normalized spacial score (nSPS) is 17.3. The van der Waals surface area contributed by atoms with E-state index in [-0.39, 0.29) is 23.3 Å². The van der Waals surface area contributed by atoms with Gasteiger partial charge in [-0.05, 0) is 43.0 Å². The molecule has 8 nitrogen and oxygen atoms in total. The van der Waals surface area contributed by atoms with Gasteiger partial charge in [-0.1, -0.05) is 32.9 Å². The molecule has 1 atom stereocenters. The molecule has 0 spiro atoms. The van der Waals surface area contributed by atoms with Crippen molar-refractivity contribution in [1.29, 1.82) is 0 Å². The number of aliphatic hydroxyl groups is 1. The molecule has 1 amide bonds. The van der Waals surface area contributed by atoms with Gasteiger partial charge in [-0.2, -0.15) is 0 Å². The van der Waals surface area contributed by atoms with Crippen molar-refractivity contribution in [1.82, 2.24) is 4.90 Å². The number of hydrogen-bond donors (Lipinski definition) is 1. The lowest BCUT2D eigenvalue weighted by Crippen LogP contribution is -2.31. The Labute approximate surface area is 218 Å². The second-order valence-corrected chi connectivity index (χ2v) is 9.82. The van der Waals surface area contributed by atoms with Gasteiger partial charge in [-0.3, -0.25) is 9.59 Å². The molecule has 1 N–H and O–H groups in total. The van der Waals surface area contributed by atoms with Gasteiger partial charge >= 0.3 is 0 Å². The third kappa shape index (κ3) is 5.59. The predicted octanol–water partition coefficient (Wildman–Crippen LogP) is 4.86.